The SMILES string of the molecule is O=C(c1c[nH]c2ccc([N+](=O)[O-])cc12)N1CCC[C@H]1c1cccs1. The van der Waals surface area contributed by atoms with Crippen molar-refractivity contribution in [3.63, 3.8) is 0 Å². The molecule has 1 atom stereocenters. The second-order valence-corrected chi connectivity index (χ2v) is 6.84. The average Bonchev–Trinajstić information content (AvgIpc) is 3.31. The van der Waals surface area contributed by atoms with Crippen molar-refractivity contribution in [3.8, 4) is 0 Å². The molecular weight excluding hydrogens is 326 g/mol. The number of nitro groups is 1. The number of fused-ring (bicyclic) bond motifs is 1. The molecule has 6 nitrogen and oxygen atoms in total. The summed E-state index contributed by atoms with van der Waals surface area (Å²) in [5, 5.41) is 13.6. The summed E-state index contributed by atoms with van der Waals surface area (Å²) in [6.45, 7) is 0.711. The Balaban J connectivity index is 1.72. The van der Waals surface area contributed by atoms with E-state index < -0.39 is 4.92 Å². The molecule has 1 saturated heterocycles. The van der Waals surface area contributed by atoms with Gasteiger partial charge < -0.3 is 9.88 Å². The van der Waals surface area contributed by atoms with Gasteiger partial charge in [-0.3, -0.25) is 14.9 Å². The van der Waals surface area contributed by atoms with Gasteiger partial charge >= 0.3 is 0 Å². The third-order valence-electron chi connectivity index (χ3n) is 4.49. The van der Waals surface area contributed by atoms with Crippen LogP contribution in [-0.4, -0.2) is 27.3 Å². The quantitative estimate of drug-likeness (QED) is 0.575. The van der Waals surface area contributed by atoms with Crippen LogP contribution in [0.1, 0.15) is 34.1 Å². The molecule has 1 N–H and O–H groups in total. The van der Waals surface area contributed by atoms with Gasteiger partial charge in [0.2, 0.25) is 0 Å². The van der Waals surface area contributed by atoms with Crippen LogP contribution in [0.2, 0.25) is 0 Å². The first kappa shape index (κ1) is 14.9. The molecule has 3 aromatic rings. The summed E-state index contributed by atoms with van der Waals surface area (Å²) in [7, 11) is 0. The third kappa shape index (κ3) is 2.37. The molecule has 1 aliphatic heterocycles. The Hall–Kier alpha value is -2.67. The van der Waals surface area contributed by atoms with Crippen molar-refractivity contribution in [2.24, 2.45) is 0 Å². The zero-order valence-corrected chi connectivity index (χ0v) is 13.6. The molecule has 1 amide bonds. The van der Waals surface area contributed by atoms with Crippen LogP contribution in [0.25, 0.3) is 10.9 Å². The second-order valence-electron chi connectivity index (χ2n) is 5.86. The maximum absolute atomic E-state index is 13.0. The molecule has 1 fully saturated rings. The number of benzene rings is 1. The molecule has 0 saturated carbocycles. The van der Waals surface area contributed by atoms with Gasteiger partial charge in [0.15, 0.2) is 0 Å². The topological polar surface area (TPSA) is 79.2 Å². The minimum atomic E-state index is -0.439. The lowest BCUT2D eigenvalue weighted by atomic mass is 10.1. The Labute approximate surface area is 141 Å². The van der Waals surface area contributed by atoms with Gasteiger partial charge in [0, 0.05) is 40.7 Å². The maximum Gasteiger partial charge on any atom is 0.270 e. The highest BCUT2D eigenvalue weighted by Crippen LogP contribution is 2.36. The number of rotatable bonds is 3. The van der Waals surface area contributed by atoms with Gasteiger partial charge in [-0.25, -0.2) is 0 Å². The van der Waals surface area contributed by atoms with Crippen molar-refractivity contribution in [3.05, 3.63) is 62.5 Å². The number of thiophene rings is 1. The number of hydrogen-bond donors (Lipinski definition) is 1. The standard InChI is InChI=1S/C17H15N3O3S/c21-17(19-7-1-3-15(19)16-4-2-8-24-16)13-10-18-14-6-5-11(20(22)23)9-12(13)14/h2,4-6,8-10,15,18H,1,3,7H2/t15-/m0/s1. The first-order valence-electron chi connectivity index (χ1n) is 7.75. The molecule has 0 spiro atoms. The van der Waals surface area contributed by atoms with Crippen molar-refractivity contribution in [2.45, 2.75) is 18.9 Å². The van der Waals surface area contributed by atoms with Crippen LogP contribution in [0.15, 0.2) is 41.9 Å². The van der Waals surface area contributed by atoms with E-state index in [1.54, 1.807) is 23.6 Å². The molecule has 24 heavy (non-hydrogen) atoms. The smallest absolute Gasteiger partial charge is 0.270 e. The fourth-order valence-electron chi connectivity index (χ4n) is 3.34. The second kappa shape index (κ2) is 5.76. The van der Waals surface area contributed by atoms with Crippen LogP contribution in [0.3, 0.4) is 0 Å². The Morgan fingerprint density at radius 2 is 2.25 bits per heavy atom. The summed E-state index contributed by atoms with van der Waals surface area (Å²) in [5.74, 6) is -0.0716. The molecule has 1 aromatic carbocycles. The highest BCUT2D eigenvalue weighted by Gasteiger charge is 2.32. The summed E-state index contributed by atoms with van der Waals surface area (Å²) in [4.78, 5) is 29.7. The van der Waals surface area contributed by atoms with Crippen LogP contribution in [-0.2, 0) is 0 Å². The molecule has 3 heterocycles. The number of amides is 1. The molecule has 0 bridgehead atoms. The Morgan fingerprint density at radius 3 is 3.00 bits per heavy atom. The molecular formula is C17H15N3O3S. The number of H-pyrrole nitrogens is 1. The fraction of sp³-hybridized carbons (Fsp3) is 0.235. The van der Waals surface area contributed by atoms with E-state index in [0.717, 1.165) is 18.4 Å². The van der Waals surface area contributed by atoms with Crippen LogP contribution in [0, 0.1) is 10.1 Å². The lowest BCUT2D eigenvalue weighted by Gasteiger charge is -2.23. The molecule has 4 rings (SSSR count). The van der Waals surface area contributed by atoms with Gasteiger partial charge in [-0.15, -0.1) is 11.3 Å². The Kier molecular flexibility index (Phi) is 3.57. The summed E-state index contributed by atoms with van der Waals surface area (Å²) in [6.07, 6.45) is 3.58. The Morgan fingerprint density at radius 1 is 1.38 bits per heavy atom. The van der Waals surface area contributed by atoms with Gasteiger partial charge in [-0.05, 0) is 30.4 Å². The van der Waals surface area contributed by atoms with Crippen molar-refractivity contribution in [1.29, 1.82) is 0 Å². The van der Waals surface area contributed by atoms with Gasteiger partial charge in [-0.1, -0.05) is 6.07 Å². The third-order valence-corrected chi connectivity index (χ3v) is 5.47. The Bertz CT molecular complexity index is 916. The molecule has 0 unspecified atom stereocenters. The predicted molar refractivity (Wildman–Crippen MR) is 92.3 cm³/mol. The average molecular weight is 341 g/mol. The largest absolute Gasteiger partial charge is 0.360 e. The first-order valence-corrected chi connectivity index (χ1v) is 8.63. The highest BCUT2D eigenvalue weighted by atomic mass is 32.1. The number of hydrogen-bond acceptors (Lipinski definition) is 4. The van der Waals surface area contributed by atoms with Crippen molar-refractivity contribution < 1.29 is 9.72 Å². The summed E-state index contributed by atoms with van der Waals surface area (Å²) in [5.41, 5.74) is 1.22. The van der Waals surface area contributed by atoms with Crippen LogP contribution in [0.4, 0.5) is 5.69 Å². The molecule has 122 valence electrons. The highest BCUT2D eigenvalue weighted by molar-refractivity contribution is 7.10. The molecule has 2 aromatic heterocycles. The zero-order valence-electron chi connectivity index (χ0n) is 12.8. The van der Waals surface area contributed by atoms with Gasteiger partial charge in [0.1, 0.15) is 0 Å². The van der Waals surface area contributed by atoms with E-state index in [2.05, 4.69) is 11.1 Å². The van der Waals surface area contributed by atoms with Gasteiger partial charge in [0.25, 0.3) is 11.6 Å². The molecule has 0 radical (unpaired) electrons. The predicted octanol–water partition coefficient (Wildman–Crippen LogP) is 4.11. The van der Waals surface area contributed by atoms with E-state index in [-0.39, 0.29) is 17.6 Å². The van der Waals surface area contributed by atoms with Crippen LogP contribution in [0.5, 0.6) is 0 Å². The summed E-state index contributed by atoms with van der Waals surface area (Å²) in [6, 6.07) is 8.70. The zero-order chi connectivity index (χ0) is 16.7. The monoisotopic (exact) mass is 341 g/mol. The lowest BCUT2D eigenvalue weighted by Crippen LogP contribution is -2.30. The van der Waals surface area contributed by atoms with Crippen molar-refractivity contribution in [1.82, 2.24) is 9.88 Å². The normalized spacial score (nSPS) is 17.5. The van der Waals surface area contributed by atoms with Gasteiger partial charge in [0.05, 0.1) is 16.5 Å². The van der Waals surface area contributed by atoms with Crippen LogP contribution < -0.4 is 0 Å². The number of nitro benzene ring substituents is 1. The number of aromatic nitrogens is 1. The first-order chi connectivity index (χ1) is 11.6. The van der Waals surface area contributed by atoms with E-state index in [1.165, 1.54) is 17.0 Å². The van der Waals surface area contributed by atoms with Crippen molar-refractivity contribution in [2.75, 3.05) is 6.54 Å². The van der Waals surface area contributed by atoms with Crippen molar-refractivity contribution >= 4 is 33.8 Å². The van der Waals surface area contributed by atoms with E-state index >= 15 is 0 Å². The molecule has 0 aliphatic carbocycles. The van der Waals surface area contributed by atoms with Crippen LogP contribution >= 0.6 is 11.3 Å². The van der Waals surface area contributed by atoms with E-state index in [0.29, 0.717) is 17.5 Å². The van der Waals surface area contributed by atoms with Gasteiger partial charge in [-0.2, -0.15) is 0 Å². The molecule has 1 aliphatic rings. The van der Waals surface area contributed by atoms with E-state index in [1.807, 2.05) is 16.3 Å². The number of nitrogens with one attached hydrogen (secondary N) is 1. The maximum atomic E-state index is 13.0. The lowest BCUT2D eigenvalue weighted by molar-refractivity contribution is -0.384. The summed E-state index contributed by atoms with van der Waals surface area (Å²) >= 11 is 1.66. The number of aromatic amines is 1. The summed E-state index contributed by atoms with van der Waals surface area (Å²) < 4.78 is 0. The minimum Gasteiger partial charge on any atom is -0.360 e. The number of carbonyl (C=O) groups excluding carboxylic acids is 1. The number of likely N-dealkylation sites (tertiary alicyclic amines) is 1. The number of carbonyl (C=O) groups is 1. The number of nitrogens with zero attached hydrogens (tertiary/aromatic N) is 2. The van der Waals surface area contributed by atoms with E-state index in [9.17, 15) is 14.9 Å². The molecule has 7 heteroatoms. The minimum absolute atomic E-state index is 0.00706. The van der Waals surface area contributed by atoms with E-state index in [4.69, 9.17) is 0 Å². The fourth-order valence-corrected chi connectivity index (χ4v) is 4.21. The number of non-ortho nitro benzene ring substituents is 1.